The third kappa shape index (κ3) is 2.61. The van der Waals surface area contributed by atoms with Crippen LogP contribution in [0.2, 0.25) is 0 Å². The Balaban J connectivity index is 2.65. The summed E-state index contributed by atoms with van der Waals surface area (Å²) in [5.74, 6) is 6.94. The summed E-state index contributed by atoms with van der Waals surface area (Å²) in [5, 5.41) is 0. The molecule has 0 aromatic carbocycles. The SMILES string of the molecule is ClCCC#Cc1occc1Br. The third-order valence-electron chi connectivity index (χ3n) is 1.04. The second-order valence-electron chi connectivity index (χ2n) is 1.84. The summed E-state index contributed by atoms with van der Waals surface area (Å²) in [6.07, 6.45) is 2.28. The molecular formula is C8H6BrClO. The molecule has 0 aliphatic heterocycles. The molecule has 0 radical (unpaired) electrons. The summed E-state index contributed by atoms with van der Waals surface area (Å²) in [6, 6.07) is 1.81. The van der Waals surface area contributed by atoms with Gasteiger partial charge in [0.25, 0.3) is 0 Å². The van der Waals surface area contributed by atoms with E-state index in [4.69, 9.17) is 16.0 Å². The quantitative estimate of drug-likeness (QED) is 0.537. The average Bonchev–Trinajstić information content (AvgIpc) is 2.37. The van der Waals surface area contributed by atoms with Crippen LogP contribution in [-0.2, 0) is 0 Å². The smallest absolute Gasteiger partial charge is 0.190 e. The van der Waals surface area contributed by atoms with Crippen molar-refractivity contribution in [3.63, 3.8) is 0 Å². The van der Waals surface area contributed by atoms with Crippen molar-refractivity contribution in [2.24, 2.45) is 0 Å². The molecule has 0 spiro atoms. The van der Waals surface area contributed by atoms with Gasteiger partial charge in [-0.15, -0.1) is 11.6 Å². The maximum absolute atomic E-state index is 5.44. The highest BCUT2D eigenvalue weighted by atomic mass is 79.9. The molecule has 0 fully saturated rings. The number of furan rings is 1. The largest absolute Gasteiger partial charge is 0.455 e. The van der Waals surface area contributed by atoms with Gasteiger partial charge in [-0.25, -0.2) is 0 Å². The van der Waals surface area contributed by atoms with Gasteiger partial charge in [0.05, 0.1) is 10.7 Å². The molecule has 1 heterocycles. The van der Waals surface area contributed by atoms with E-state index >= 15 is 0 Å². The number of hydrogen-bond donors (Lipinski definition) is 0. The number of halogens is 2. The lowest BCUT2D eigenvalue weighted by Gasteiger charge is -1.80. The predicted octanol–water partition coefficient (Wildman–Crippen LogP) is 3.02. The van der Waals surface area contributed by atoms with Crippen molar-refractivity contribution in [2.45, 2.75) is 6.42 Å². The van der Waals surface area contributed by atoms with E-state index in [1.165, 1.54) is 0 Å². The molecule has 1 aromatic rings. The first-order valence-electron chi connectivity index (χ1n) is 3.12. The van der Waals surface area contributed by atoms with Crippen molar-refractivity contribution in [1.29, 1.82) is 0 Å². The zero-order chi connectivity index (χ0) is 8.10. The second-order valence-corrected chi connectivity index (χ2v) is 3.07. The Morgan fingerprint density at radius 1 is 1.64 bits per heavy atom. The summed E-state index contributed by atoms with van der Waals surface area (Å²) in [6.45, 7) is 0. The van der Waals surface area contributed by atoms with Crippen LogP contribution >= 0.6 is 27.5 Å². The Morgan fingerprint density at radius 2 is 2.45 bits per heavy atom. The van der Waals surface area contributed by atoms with Crippen molar-refractivity contribution in [1.82, 2.24) is 0 Å². The molecule has 11 heavy (non-hydrogen) atoms. The highest BCUT2D eigenvalue weighted by Crippen LogP contribution is 2.15. The van der Waals surface area contributed by atoms with E-state index in [1.54, 1.807) is 6.26 Å². The topological polar surface area (TPSA) is 13.1 Å². The van der Waals surface area contributed by atoms with E-state index in [1.807, 2.05) is 6.07 Å². The molecular weight excluding hydrogens is 227 g/mol. The summed E-state index contributed by atoms with van der Waals surface area (Å²) in [7, 11) is 0. The highest BCUT2D eigenvalue weighted by molar-refractivity contribution is 9.10. The molecule has 0 N–H and O–H groups in total. The third-order valence-corrected chi connectivity index (χ3v) is 1.85. The molecule has 58 valence electrons. The van der Waals surface area contributed by atoms with Gasteiger partial charge in [0.2, 0.25) is 0 Å². The first kappa shape index (κ1) is 8.70. The molecule has 0 aliphatic rings. The van der Waals surface area contributed by atoms with Crippen molar-refractivity contribution in [3.8, 4) is 11.8 Å². The molecule has 3 heteroatoms. The van der Waals surface area contributed by atoms with Gasteiger partial charge in [0.1, 0.15) is 0 Å². The zero-order valence-corrected chi connectivity index (χ0v) is 8.08. The molecule has 0 unspecified atom stereocenters. The first-order valence-corrected chi connectivity index (χ1v) is 4.45. The van der Waals surface area contributed by atoms with Gasteiger partial charge in [-0.2, -0.15) is 0 Å². The Bertz CT molecular complexity index is 282. The number of hydrogen-bond acceptors (Lipinski definition) is 1. The van der Waals surface area contributed by atoms with Crippen molar-refractivity contribution in [2.75, 3.05) is 5.88 Å². The normalized spacial score (nSPS) is 8.91. The van der Waals surface area contributed by atoms with Gasteiger partial charge < -0.3 is 4.42 Å². The van der Waals surface area contributed by atoms with Crippen LogP contribution in [0.5, 0.6) is 0 Å². The van der Waals surface area contributed by atoms with Crippen LogP contribution in [0.1, 0.15) is 12.2 Å². The van der Waals surface area contributed by atoms with Crippen LogP contribution in [-0.4, -0.2) is 5.88 Å². The molecule has 0 amide bonds. The fourth-order valence-electron chi connectivity index (χ4n) is 0.573. The Morgan fingerprint density at radius 3 is 3.00 bits per heavy atom. The van der Waals surface area contributed by atoms with Gasteiger partial charge >= 0.3 is 0 Å². The van der Waals surface area contributed by atoms with Gasteiger partial charge in [-0.05, 0) is 27.9 Å². The second kappa shape index (κ2) is 4.48. The Kier molecular flexibility index (Phi) is 3.55. The van der Waals surface area contributed by atoms with Gasteiger partial charge in [0.15, 0.2) is 5.76 Å². The van der Waals surface area contributed by atoms with Gasteiger partial charge in [-0.1, -0.05) is 5.92 Å². The van der Waals surface area contributed by atoms with E-state index in [2.05, 4.69) is 27.8 Å². The maximum Gasteiger partial charge on any atom is 0.190 e. The minimum atomic E-state index is 0.561. The molecule has 1 rings (SSSR count). The molecule has 0 atom stereocenters. The van der Waals surface area contributed by atoms with Gasteiger partial charge in [0, 0.05) is 12.3 Å². The highest BCUT2D eigenvalue weighted by Gasteiger charge is 1.96. The van der Waals surface area contributed by atoms with Crippen LogP contribution in [0.15, 0.2) is 21.2 Å². The number of rotatable bonds is 1. The molecule has 1 aromatic heterocycles. The minimum Gasteiger partial charge on any atom is -0.455 e. The van der Waals surface area contributed by atoms with Crippen LogP contribution in [0.25, 0.3) is 0 Å². The Hall–Kier alpha value is -0.390. The van der Waals surface area contributed by atoms with Gasteiger partial charge in [-0.3, -0.25) is 0 Å². The van der Waals surface area contributed by atoms with E-state index in [0.717, 1.165) is 4.47 Å². The zero-order valence-electron chi connectivity index (χ0n) is 5.73. The fraction of sp³-hybridized carbons (Fsp3) is 0.250. The fourth-order valence-corrected chi connectivity index (χ4v) is 0.968. The molecule has 0 saturated carbocycles. The summed E-state index contributed by atoms with van der Waals surface area (Å²) >= 11 is 8.73. The van der Waals surface area contributed by atoms with Crippen LogP contribution in [0, 0.1) is 11.8 Å². The van der Waals surface area contributed by atoms with Crippen molar-refractivity contribution in [3.05, 3.63) is 22.6 Å². The molecule has 0 bridgehead atoms. The van der Waals surface area contributed by atoms with Crippen LogP contribution in [0.4, 0.5) is 0 Å². The molecule has 0 aliphatic carbocycles. The first-order chi connectivity index (χ1) is 5.34. The summed E-state index contributed by atoms with van der Waals surface area (Å²) < 4.78 is 5.94. The maximum atomic E-state index is 5.44. The summed E-state index contributed by atoms with van der Waals surface area (Å²) in [5.41, 5.74) is 0. The average molecular weight is 233 g/mol. The Labute approximate surface area is 78.9 Å². The molecule has 0 saturated heterocycles. The summed E-state index contributed by atoms with van der Waals surface area (Å²) in [4.78, 5) is 0. The lowest BCUT2D eigenvalue weighted by atomic mass is 10.4. The van der Waals surface area contributed by atoms with E-state index in [-0.39, 0.29) is 0 Å². The predicted molar refractivity (Wildman–Crippen MR) is 48.6 cm³/mol. The van der Waals surface area contributed by atoms with E-state index < -0.39 is 0 Å². The van der Waals surface area contributed by atoms with Crippen molar-refractivity contribution >= 4 is 27.5 Å². The molecule has 1 nitrogen and oxygen atoms in total. The van der Waals surface area contributed by atoms with Crippen LogP contribution in [0.3, 0.4) is 0 Å². The monoisotopic (exact) mass is 232 g/mol. The van der Waals surface area contributed by atoms with E-state index in [0.29, 0.717) is 18.1 Å². The minimum absolute atomic E-state index is 0.561. The standard InChI is InChI=1S/C8H6BrClO/c9-7-4-6-11-8(7)3-1-2-5-10/h4,6H,2,5H2. The van der Waals surface area contributed by atoms with E-state index in [9.17, 15) is 0 Å². The lowest BCUT2D eigenvalue weighted by molar-refractivity contribution is 0.552. The lowest BCUT2D eigenvalue weighted by Crippen LogP contribution is -1.70. The van der Waals surface area contributed by atoms with Crippen LogP contribution < -0.4 is 0 Å². The number of alkyl halides is 1. The van der Waals surface area contributed by atoms with Crippen molar-refractivity contribution < 1.29 is 4.42 Å².